The van der Waals surface area contributed by atoms with Crippen molar-refractivity contribution in [2.24, 2.45) is 0 Å². The lowest BCUT2D eigenvalue weighted by Gasteiger charge is -2.00. The second-order valence-electron chi connectivity index (χ2n) is 4.34. The Labute approximate surface area is 114 Å². The van der Waals surface area contributed by atoms with Crippen molar-refractivity contribution in [3.05, 3.63) is 83.4 Å². The van der Waals surface area contributed by atoms with Crippen molar-refractivity contribution in [3.63, 3.8) is 0 Å². The van der Waals surface area contributed by atoms with E-state index in [1.807, 2.05) is 42.5 Å². The molecule has 0 spiro atoms. The van der Waals surface area contributed by atoms with Crippen LogP contribution in [0.2, 0.25) is 0 Å². The fourth-order valence-electron chi connectivity index (χ4n) is 1.79. The highest BCUT2D eigenvalue weighted by atomic mass is 14.2. The quantitative estimate of drug-likeness (QED) is 0.572. The molecule has 0 saturated carbocycles. The summed E-state index contributed by atoms with van der Waals surface area (Å²) in [5.41, 5.74) is 4.34. The molecule has 0 saturated heterocycles. The van der Waals surface area contributed by atoms with Crippen LogP contribution in [0.15, 0.2) is 66.7 Å². The highest BCUT2D eigenvalue weighted by molar-refractivity contribution is 5.80. The van der Waals surface area contributed by atoms with Gasteiger partial charge in [-0.2, -0.15) is 5.26 Å². The SMILES string of the molecule is Cc1ccc(/C=C/C(=C/C#N)c2ccccc2)cc1. The molecule has 1 nitrogen and oxygen atoms in total. The van der Waals surface area contributed by atoms with Gasteiger partial charge in [0.25, 0.3) is 0 Å². The van der Waals surface area contributed by atoms with Crippen LogP contribution in [0.3, 0.4) is 0 Å². The molecule has 19 heavy (non-hydrogen) atoms. The molecule has 0 radical (unpaired) electrons. The molecule has 0 heterocycles. The van der Waals surface area contributed by atoms with E-state index in [4.69, 9.17) is 5.26 Å². The first-order valence-electron chi connectivity index (χ1n) is 6.19. The van der Waals surface area contributed by atoms with Crippen LogP contribution in [0.4, 0.5) is 0 Å². The maximum absolute atomic E-state index is 8.87. The normalized spacial score (nSPS) is 11.5. The van der Waals surface area contributed by atoms with Gasteiger partial charge in [-0.3, -0.25) is 0 Å². The smallest absolute Gasteiger partial charge is 0.0918 e. The standard InChI is InChI=1S/C18H15N/c1-15-7-9-16(10-8-15)11-12-18(13-14-19)17-5-3-2-4-6-17/h2-13H,1H3/b12-11+,18-13-. The second kappa shape index (κ2) is 6.37. The van der Waals surface area contributed by atoms with Crippen molar-refractivity contribution in [2.75, 3.05) is 0 Å². The first-order chi connectivity index (χ1) is 9.29. The van der Waals surface area contributed by atoms with Crippen molar-refractivity contribution in [2.45, 2.75) is 6.92 Å². The average molecular weight is 245 g/mol. The monoisotopic (exact) mass is 245 g/mol. The van der Waals surface area contributed by atoms with Crippen LogP contribution in [-0.4, -0.2) is 0 Å². The maximum Gasteiger partial charge on any atom is 0.0918 e. The number of benzene rings is 2. The number of allylic oxidation sites excluding steroid dienone is 3. The molecular weight excluding hydrogens is 230 g/mol. The van der Waals surface area contributed by atoms with E-state index in [0.29, 0.717) is 0 Å². The summed E-state index contributed by atoms with van der Waals surface area (Å²) in [7, 11) is 0. The van der Waals surface area contributed by atoms with Gasteiger partial charge in [-0.05, 0) is 23.6 Å². The van der Waals surface area contributed by atoms with E-state index in [-0.39, 0.29) is 0 Å². The number of nitriles is 1. The molecule has 2 aromatic rings. The van der Waals surface area contributed by atoms with E-state index in [9.17, 15) is 0 Å². The van der Waals surface area contributed by atoms with Gasteiger partial charge in [-0.15, -0.1) is 0 Å². The molecule has 92 valence electrons. The average Bonchev–Trinajstić information content (AvgIpc) is 2.46. The summed E-state index contributed by atoms with van der Waals surface area (Å²) < 4.78 is 0. The summed E-state index contributed by atoms with van der Waals surface area (Å²) in [6.07, 6.45) is 5.57. The molecule has 0 atom stereocenters. The van der Waals surface area contributed by atoms with Gasteiger partial charge in [0.1, 0.15) is 0 Å². The third-order valence-electron chi connectivity index (χ3n) is 2.86. The molecule has 0 aliphatic carbocycles. The van der Waals surface area contributed by atoms with Crippen molar-refractivity contribution in [1.82, 2.24) is 0 Å². The van der Waals surface area contributed by atoms with Crippen LogP contribution in [0.25, 0.3) is 11.6 Å². The fourth-order valence-corrected chi connectivity index (χ4v) is 1.79. The number of nitrogens with zero attached hydrogens (tertiary/aromatic N) is 1. The minimum absolute atomic E-state index is 0.920. The molecular formula is C18H15N. The van der Waals surface area contributed by atoms with E-state index in [1.165, 1.54) is 5.56 Å². The molecule has 0 unspecified atom stereocenters. The zero-order chi connectivity index (χ0) is 13.5. The lowest BCUT2D eigenvalue weighted by molar-refractivity contribution is 1.46. The third kappa shape index (κ3) is 3.69. The minimum atomic E-state index is 0.920. The molecule has 0 bridgehead atoms. The Bertz CT molecular complexity index is 626. The van der Waals surface area contributed by atoms with Gasteiger partial charge in [0.15, 0.2) is 0 Å². The van der Waals surface area contributed by atoms with Gasteiger partial charge >= 0.3 is 0 Å². The lowest BCUT2D eigenvalue weighted by Crippen LogP contribution is -1.80. The fraction of sp³-hybridized carbons (Fsp3) is 0.0556. The summed E-state index contributed by atoms with van der Waals surface area (Å²) in [4.78, 5) is 0. The highest BCUT2D eigenvalue weighted by Gasteiger charge is 1.96. The molecule has 2 aromatic carbocycles. The summed E-state index contributed by atoms with van der Waals surface area (Å²) in [5, 5.41) is 8.87. The Morgan fingerprint density at radius 3 is 2.32 bits per heavy atom. The number of rotatable bonds is 3. The van der Waals surface area contributed by atoms with Crippen LogP contribution < -0.4 is 0 Å². The van der Waals surface area contributed by atoms with Crippen LogP contribution in [0.5, 0.6) is 0 Å². The lowest BCUT2D eigenvalue weighted by atomic mass is 10.0. The summed E-state index contributed by atoms with van der Waals surface area (Å²) in [6, 6.07) is 20.3. The van der Waals surface area contributed by atoms with Crippen LogP contribution in [0.1, 0.15) is 16.7 Å². The van der Waals surface area contributed by atoms with Gasteiger partial charge in [-0.1, -0.05) is 72.3 Å². The Balaban J connectivity index is 2.26. The van der Waals surface area contributed by atoms with Gasteiger partial charge in [0.2, 0.25) is 0 Å². The van der Waals surface area contributed by atoms with Gasteiger partial charge < -0.3 is 0 Å². The Morgan fingerprint density at radius 1 is 1.00 bits per heavy atom. The van der Waals surface area contributed by atoms with Crippen molar-refractivity contribution in [3.8, 4) is 6.07 Å². The summed E-state index contributed by atoms with van der Waals surface area (Å²) in [5.74, 6) is 0. The maximum atomic E-state index is 8.87. The van der Waals surface area contributed by atoms with Gasteiger partial charge in [0, 0.05) is 6.08 Å². The largest absolute Gasteiger partial charge is 0.193 e. The predicted molar refractivity (Wildman–Crippen MR) is 80.2 cm³/mol. The highest BCUT2D eigenvalue weighted by Crippen LogP contribution is 2.17. The molecule has 0 amide bonds. The summed E-state index contributed by atoms with van der Waals surface area (Å²) in [6.45, 7) is 2.07. The van der Waals surface area contributed by atoms with E-state index in [0.717, 1.165) is 16.7 Å². The summed E-state index contributed by atoms with van der Waals surface area (Å²) >= 11 is 0. The Morgan fingerprint density at radius 2 is 1.68 bits per heavy atom. The first kappa shape index (κ1) is 12.9. The van der Waals surface area contributed by atoms with Crippen LogP contribution in [0, 0.1) is 18.3 Å². The molecule has 0 aliphatic rings. The minimum Gasteiger partial charge on any atom is -0.193 e. The predicted octanol–water partition coefficient (Wildman–Crippen LogP) is 4.62. The topological polar surface area (TPSA) is 23.8 Å². The Hall–Kier alpha value is -2.59. The second-order valence-corrected chi connectivity index (χ2v) is 4.34. The Kier molecular flexibility index (Phi) is 4.31. The zero-order valence-corrected chi connectivity index (χ0v) is 10.9. The van der Waals surface area contributed by atoms with Crippen molar-refractivity contribution in [1.29, 1.82) is 5.26 Å². The van der Waals surface area contributed by atoms with E-state index in [1.54, 1.807) is 6.08 Å². The number of hydrogen-bond acceptors (Lipinski definition) is 1. The van der Waals surface area contributed by atoms with Crippen LogP contribution in [-0.2, 0) is 0 Å². The molecule has 0 fully saturated rings. The molecule has 0 aromatic heterocycles. The van der Waals surface area contributed by atoms with Crippen molar-refractivity contribution >= 4 is 11.6 Å². The molecule has 1 heteroatoms. The number of aryl methyl sites for hydroxylation is 1. The first-order valence-corrected chi connectivity index (χ1v) is 6.19. The van der Waals surface area contributed by atoms with Gasteiger partial charge in [-0.25, -0.2) is 0 Å². The van der Waals surface area contributed by atoms with Crippen LogP contribution >= 0.6 is 0 Å². The third-order valence-corrected chi connectivity index (χ3v) is 2.86. The number of hydrogen-bond donors (Lipinski definition) is 0. The molecule has 0 N–H and O–H groups in total. The molecule has 0 aliphatic heterocycles. The molecule has 2 rings (SSSR count). The van der Waals surface area contributed by atoms with E-state index >= 15 is 0 Å². The van der Waals surface area contributed by atoms with E-state index < -0.39 is 0 Å². The van der Waals surface area contributed by atoms with Gasteiger partial charge in [0.05, 0.1) is 6.07 Å². The van der Waals surface area contributed by atoms with Crippen molar-refractivity contribution < 1.29 is 0 Å². The zero-order valence-electron chi connectivity index (χ0n) is 10.9. The van der Waals surface area contributed by atoms with E-state index in [2.05, 4.69) is 37.3 Å².